The Labute approximate surface area is 91.4 Å². The van der Waals surface area contributed by atoms with E-state index in [0.717, 1.165) is 12.2 Å². The predicted molar refractivity (Wildman–Crippen MR) is 60.6 cm³/mol. The molecule has 0 radical (unpaired) electrons. The molecule has 0 amide bonds. The van der Waals surface area contributed by atoms with Gasteiger partial charge in [-0.1, -0.05) is 0 Å². The molecule has 1 unspecified atom stereocenters. The lowest BCUT2D eigenvalue weighted by molar-refractivity contribution is -0.0101. The molecule has 2 N–H and O–H groups in total. The SMILES string of the molecule is Cn1ccnc1CC(N)COC(C)(C)C. The molecule has 1 aromatic heterocycles. The van der Waals surface area contributed by atoms with E-state index in [9.17, 15) is 0 Å². The van der Waals surface area contributed by atoms with Gasteiger partial charge in [0.1, 0.15) is 5.82 Å². The predicted octanol–water partition coefficient (Wildman–Crippen LogP) is 1.10. The molecule has 0 aliphatic carbocycles. The summed E-state index contributed by atoms with van der Waals surface area (Å²) in [4.78, 5) is 4.23. The zero-order chi connectivity index (χ0) is 11.5. The molecule has 15 heavy (non-hydrogen) atoms. The van der Waals surface area contributed by atoms with E-state index in [1.54, 1.807) is 6.20 Å². The maximum Gasteiger partial charge on any atom is 0.110 e. The third-order valence-electron chi connectivity index (χ3n) is 2.10. The minimum Gasteiger partial charge on any atom is -0.374 e. The van der Waals surface area contributed by atoms with Gasteiger partial charge < -0.3 is 15.0 Å². The average molecular weight is 211 g/mol. The van der Waals surface area contributed by atoms with Crippen molar-refractivity contribution in [3.8, 4) is 0 Å². The third-order valence-corrected chi connectivity index (χ3v) is 2.10. The summed E-state index contributed by atoms with van der Waals surface area (Å²) >= 11 is 0. The molecule has 0 bridgehead atoms. The molecule has 0 aliphatic heterocycles. The monoisotopic (exact) mass is 211 g/mol. The Hall–Kier alpha value is -0.870. The highest BCUT2D eigenvalue weighted by molar-refractivity contribution is 4.93. The summed E-state index contributed by atoms with van der Waals surface area (Å²) in [5, 5.41) is 0. The second kappa shape index (κ2) is 4.77. The second-order valence-corrected chi connectivity index (χ2v) is 4.84. The molecule has 4 nitrogen and oxygen atoms in total. The van der Waals surface area contributed by atoms with Crippen LogP contribution in [0.25, 0.3) is 0 Å². The number of nitrogens with zero attached hydrogens (tertiary/aromatic N) is 2. The third kappa shape index (κ3) is 4.44. The molecule has 1 heterocycles. The van der Waals surface area contributed by atoms with Gasteiger partial charge in [-0.3, -0.25) is 0 Å². The van der Waals surface area contributed by atoms with Crippen LogP contribution in [-0.2, 0) is 18.2 Å². The van der Waals surface area contributed by atoms with Crippen LogP contribution in [0.4, 0.5) is 0 Å². The van der Waals surface area contributed by atoms with Crippen LogP contribution in [0.1, 0.15) is 26.6 Å². The minimum atomic E-state index is -0.126. The Morgan fingerprint density at radius 2 is 2.20 bits per heavy atom. The highest BCUT2D eigenvalue weighted by Crippen LogP contribution is 2.08. The van der Waals surface area contributed by atoms with Gasteiger partial charge in [0.15, 0.2) is 0 Å². The Bertz CT molecular complexity index is 301. The van der Waals surface area contributed by atoms with E-state index in [1.807, 2.05) is 38.6 Å². The van der Waals surface area contributed by atoms with Gasteiger partial charge >= 0.3 is 0 Å². The van der Waals surface area contributed by atoms with Gasteiger partial charge in [0.25, 0.3) is 0 Å². The Morgan fingerprint density at radius 3 is 2.67 bits per heavy atom. The molecule has 1 rings (SSSR count). The Kier molecular flexibility index (Phi) is 3.88. The van der Waals surface area contributed by atoms with Crippen LogP contribution >= 0.6 is 0 Å². The molecular weight excluding hydrogens is 190 g/mol. The van der Waals surface area contributed by atoms with Crippen molar-refractivity contribution in [1.82, 2.24) is 9.55 Å². The largest absolute Gasteiger partial charge is 0.374 e. The molecule has 1 aromatic rings. The summed E-state index contributed by atoms with van der Waals surface area (Å²) in [5.74, 6) is 1.00. The summed E-state index contributed by atoms with van der Waals surface area (Å²) in [6, 6.07) is 0.00493. The van der Waals surface area contributed by atoms with Crippen molar-refractivity contribution in [2.45, 2.75) is 38.8 Å². The molecule has 0 aliphatic rings. The number of hydrogen-bond acceptors (Lipinski definition) is 3. The zero-order valence-electron chi connectivity index (χ0n) is 10.0. The van der Waals surface area contributed by atoms with E-state index in [-0.39, 0.29) is 11.6 Å². The zero-order valence-corrected chi connectivity index (χ0v) is 10.0. The van der Waals surface area contributed by atoms with Crippen LogP contribution in [0.3, 0.4) is 0 Å². The molecule has 0 spiro atoms. The van der Waals surface area contributed by atoms with E-state index in [2.05, 4.69) is 4.98 Å². The maximum absolute atomic E-state index is 5.96. The van der Waals surface area contributed by atoms with E-state index >= 15 is 0 Å². The fourth-order valence-electron chi connectivity index (χ4n) is 1.24. The lowest BCUT2D eigenvalue weighted by Gasteiger charge is -2.22. The normalized spacial score (nSPS) is 14.2. The first-order valence-corrected chi connectivity index (χ1v) is 5.24. The van der Waals surface area contributed by atoms with E-state index in [1.165, 1.54) is 0 Å². The molecule has 0 aromatic carbocycles. The van der Waals surface area contributed by atoms with Gasteiger partial charge in [0.2, 0.25) is 0 Å². The molecular formula is C11H21N3O. The van der Waals surface area contributed by atoms with Gasteiger partial charge in [0.05, 0.1) is 12.2 Å². The summed E-state index contributed by atoms with van der Waals surface area (Å²) < 4.78 is 7.60. The van der Waals surface area contributed by atoms with Gasteiger partial charge in [-0.15, -0.1) is 0 Å². The number of aryl methyl sites for hydroxylation is 1. The number of ether oxygens (including phenoxy) is 1. The molecule has 0 fully saturated rings. The van der Waals surface area contributed by atoms with Gasteiger partial charge in [-0.25, -0.2) is 4.98 Å². The summed E-state index contributed by atoms with van der Waals surface area (Å²) in [6.07, 6.45) is 4.46. The minimum absolute atomic E-state index is 0.00493. The quantitative estimate of drug-likeness (QED) is 0.811. The fraction of sp³-hybridized carbons (Fsp3) is 0.727. The Balaban J connectivity index is 2.37. The van der Waals surface area contributed by atoms with Crippen LogP contribution in [0.5, 0.6) is 0 Å². The second-order valence-electron chi connectivity index (χ2n) is 4.84. The average Bonchev–Trinajstić information content (AvgIpc) is 2.47. The van der Waals surface area contributed by atoms with Gasteiger partial charge in [0, 0.05) is 31.9 Å². The number of imidazole rings is 1. The summed E-state index contributed by atoms with van der Waals surface area (Å²) in [5.41, 5.74) is 5.84. The molecule has 0 saturated heterocycles. The van der Waals surface area contributed by atoms with Crippen LogP contribution in [0, 0.1) is 0 Å². The van der Waals surface area contributed by atoms with Gasteiger partial charge in [-0.05, 0) is 20.8 Å². The number of hydrogen-bond donors (Lipinski definition) is 1. The lowest BCUT2D eigenvalue weighted by Crippen LogP contribution is -2.34. The van der Waals surface area contributed by atoms with Crippen molar-refractivity contribution in [2.24, 2.45) is 12.8 Å². The highest BCUT2D eigenvalue weighted by atomic mass is 16.5. The first-order valence-electron chi connectivity index (χ1n) is 5.24. The smallest absolute Gasteiger partial charge is 0.110 e. The maximum atomic E-state index is 5.96. The molecule has 86 valence electrons. The van der Waals surface area contributed by atoms with Crippen molar-refractivity contribution >= 4 is 0 Å². The molecule has 1 atom stereocenters. The van der Waals surface area contributed by atoms with Crippen molar-refractivity contribution in [1.29, 1.82) is 0 Å². The van der Waals surface area contributed by atoms with Crippen LogP contribution < -0.4 is 5.73 Å². The highest BCUT2D eigenvalue weighted by Gasteiger charge is 2.14. The first-order chi connectivity index (χ1) is 6.88. The lowest BCUT2D eigenvalue weighted by atomic mass is 10.1. The topological polar surface area (TPSA) is 53.1 Å². The van der Waals surface area contributed by atoms with Crippen LogP contribution in [-0.4, -0.2) is 27.8 Å². The molecule has 0 saturated carbocycles. The number of aromatic nitrogens is 2. The van der Waals surface area contributed by atoms with E-state index in [0.29, 0.717) is 6.61 Å². The molecule has 4 heteroatoms. The standard InChI is InChI=1S/C11H21N3O/c1-11(2,3)15-8-9(12)7-10-13-5-6-14(10)4/h5-6,9H,7-8,12H2,1-4H3. The van der Waals surface area contributed by atoms with Crippen molar-refractivity contribution in [3.63, 3.8) is 0 Å². The van der Waals surface area contributed by atoms with Crippen LogP contribution in [0.15, 0.2) is 12.4 Å². The van der Waals surface area contributed by atoms with Gasteiger partial charge in [-0.2, -0.15) is 0 Å². The first kappa shape index (κ1) is 12.2. The van der Waals surface area contributed by atoms with E-state index in [4.69, 9.17) is 10.5 Å². The summed E-state index contributed by atoms with van der Waals surface area (Å²) in [6.45, 7) is 6.65. The Morgan fingerprint density at radius 1 is 1.53 bits per heavy atom. The van der Waals surface area contributed by atoms with Crippen molar-refractivity contribution < 1.29 is 4.74 Å². The summed E-state index contributed by atoms with van der Waals surface area (Å²) in [7, 11) is 1.97. The number of rotatable bonds is 4. The number of nitrogens with two attached hydrogens (primary N) is 1. The van der Waals surface area contributed by atoms with Crippen molar-refractivity contribution in [2.75, 3.05) is 6.61 Å². The van der Waals surface area contributed by atoms with Crippen LogP contribution in [0.2, 0.25) is 0 Å². The van der Waals surface area contributed by atoms with Crippen molar-refractivity contribution in [3.05, 3.63) is 18.2 Å². The van der Waals surface area contributed by atoms with E-state index < -0.39 is 0 Å². The fourth-order valence-corrected chi connectivity index (χ4v) is 1.24.